The van der Waals surface area contributed by atoms with E-state index in [9.17, 15) is 13.2 Å². The Morgan fingerprint density at radius 1 is 0.923 bits per heavy atom. The standard InChI is InChI=1S/C17H13Cl2F3N4/c1-11(26-24-10-23-25-26)16(19,13-6-8-15(18)9-7-13)12-2-4-14(5-3-12)17(20,21)22/h2-11H,1H3. The van der Waals surface area contributed by atoms with Gasteiger partial charge in [-0.25, -0.2) is 0 Å². The van der Waals surface area contributed by atoms with Crippen LogP contribution in [0.3, 0.4) is 0 Å². The van der Waals surface area contributed by atoms with Crippen molar-refractivity contribution in [3.8, 4) is 0 Å². The van der Waals surface area contributed by atoms with Gasteiger partial charge in [-0.1, -0.05) is 35.9 Å². The van der Waals surface area contributed by atoms with Gasteiger partial charge in [-0.3, -0.25) is 0 Å². The summed E-state index contributed by atoms with van der Waals surface area (Å²) in [5, 5.41) is 12.1. The fraction of sp³-hybridized carbons (Fsp3) is 0.235. The maximum Gasteiger partial charge on any atom is 0.416 e. The number of tetrazole rings is 1. The highest BCUT2D eigenvalue weighted by molar-refractivity contribution is 6.30. The van der Waals surface area contributed by atoms with Crippen molar-refractivity contribution in [1.29, 1.82) is 0 Å². The largest absolute Gasteiger partial charge is 0.416 e. The third kappa shape index (κ3) is 3.41. The van der Waals surface area contributed by atoms with Gasteiger partial charge in [-0.2, -0.15) is 18.0 Å². The molecule has 1 aromatic heterocycles. The summed E-state index contributed by atoms with van der Waals surface area (Å²) in [6.07, 6.45) is -3.16. The zero-order valence-corrected chi connectivity index (χ0v) is 15.0. The van der Waals surface area contributed by atoms with E-state index in [0.29, 0.717) is 16.1 Å². The van der Waals surface area contributed by atoms with E-state index in [2.05, 4.69) is 15.4 Å². The van der Waals surface area contributed by atoms with E-state index < -0.39 is 22.7 Å². The fourth-order valence-electron chi connectivity index (χ4n) is 2.75. The van der Waals surface area contributed by atoms with Gasteiger partial charge >= 0.3 is 6.18 Å². The molecule has 0 saturated heterocycles. The van der Waals surface area contributed by atoms with Crippen molar-refractivity contribution in [3.05, 3.63) is 76.6 Å². The molecule has 2 atom stereocenters. The van der Waals surface area contributed by atoms with Gasteiger partial charge in [-0.05, 0) is 47.5 Å². The second-order valence-electron chi connectivity index (χ2n) is 5.73. The average molecular weight is 401 g/mol. The van der Waals surface area contributed by atoms with Gasteiger partial charge in [0.2, 0.25) is 0 Å². The van der Waals surface area contributed by atoms with Crippen LogP contribution in [0, 0.1) is 0 Å². The highest BCUT2D eigenvalue weighted by Crippen LogP contribution is 2.46. The second-order valence-corrected chi connectivity index (χ2v) is 6.76. The van der Waals surface area contributed by atoms with Crippen LogP contribution in [0.2, 0.25) is 5.02 Å². The topological polar surface area (TPSA) is 43.6 Å². The molecule has 0 aliphatic heterocycles. The molecule has 0 saturated carbocycles. The second kappa shape index (κ2) is 6.89. The summed E-state index contributed by atoms with van der Waals surface area (Å²) in [7, 11) is 0. The SMILES string of the molecule is CC(n1ncnn1)C(Cl)(c1ccc(Cl)cc1)c1ccc(C(F)(F)F)cc1. The number of hydrogen-bond acceptors (Lipinski definition) is 3. The Balaban J connectivity index is 2.13. The lowest BCUT2D eigenvalue weighted by Crippen LogP contribution is -2.32. The summed E-state index contributed by atoms with van der Waals surface area (Å²) < 4.78 is 38.7. The first kappa shape index (κ1) is 18.7. The molecule has 4 nitrogen and oxygen atoms in total. The van der Waals surface area contributed by atoms with E-state index in [-0.39, 0.29) is 0 Å². The fourth-order valence-corrected chi connectivity index (χ4v) is 3.22. The Labute approximate surface area is 157 Å². The third-order valence-electron chi connectivity index (χ3n) is 4.18. The average Bonchev–Trinajstić information content (AvgIpc) is 3.15. The normalized spacial score (nSPS) is 15.5. The molecule has 0 N–H and O–H groups in total. The maximum absolute atomic E-state index is 12.9. The van der Waals surface area contributed by atoms with Crippen molar-refractivity contribution in [1.82, 2.24) is 20.2 Å². The molecule has 2 aromatic carbocycles. The van der Waals surface area contributed by atoms with Crippen molar-refractivity contribution in [3.63, 3.8) is 0 Å². The van der Waals surface area contributed by atoms with Crippen LogP contribution >= 0.6 is 23.2 Å². The van der Waals surface area contributed by atoms with Crippen LogP contribution in [0.1, 0.15) is 29.7 Å². The molecule has 0 aliphatic carbocycles. The van der Waals surface area contributed by atoms with Crippen molar-refractivity contribution in [2.75, 3.05) is 0 Å². The Hall–Kier alpha value is -2.12. The minimum absolute atomic E-state index is 0.472. The van der Waals surface area contributed by atoms with Crippen LogP contribution in [0.4, 0.5) is 13.2 Å². The zero-order chi connectivity index (χ0) is 18.9. The molecule has 0 aliphatic rings. The molecule has 0 radical (unpaired) electrons. The summed E-state index contributed by atoms with van der Waals surface area (Å²) in [5.41, 5.74) is 0.371. The zero-order valence-electron chi connectivity index (χ0n) is 13.5. The molecule has 3 rings (SSSR count). The summed E-state index contributed by atoms with van der Waals surface area (Å²) in [6.45, 7) is 1.76. The van der Waals surface area contributed by atoms with Gasteiger partial charge in [0.1, 0.15) is 4.87 Å². The summed E-state index contributed by atoms with van der Waals surface area (Å²) in [4.78, 5) is 0.0920. The minimum atomic E-state index is -4.42. The maximum atomic E-state index is 12.9. The van der Waals surface area contributed by atoms with Crippen LogP contribution < -0.4 is 0 Å². The van der Waals surface area contributed by atoms with Gasteiger partial charge in [0.15, 0.2) is 6.33 Å². The number of halogens is 5. The molecule has 26 heavy (non-hydrogen) atoms. The van der Waals surface area contributed by atoms with Gasteiger partial charge in [0.05, 0.1) is 11.6 Å². The lowest BCUT2D eigenvalue weighted by molar-refractivity contribution is -0.137. The summed E-state index contributed by atoms with van der Waals surface area (Å²) >= 11 is 12.9. The molecule has 0 amide bonds. The molecule has 0 fully saturated rings. The van der Waals surface area contributed by atoms with Crippen LogP contribution in [-0.4, -0.2) is 20.2 Å². The number of alkyl halides is 4. The summed E-state index contributed by atoms with van der Waals surface area (Å²) in [5.74, 6) is 0. The van der Waals surface area contributed by atoms with Gasteiger partial charge in [0.25, 0.3) is 0 Å². The van der Waals surface area contributed by atoms with Crippen LogP contribution in [-0.2, 0) is 11.1 Å². The first-order valence-corrected chi connectivity index (χ1v) is 8.33. The Bertz CT molecular complexity index is 865. The monoisotopic (exact) mass is 400 g/mol. The van der Waals surface area contributed by atoms with E-state index in [1.807, 2.05) is 0 Å². The minimum Gasteiger partial charge on any atom is -0.166 e. The molecule has 9 heteroatoms. The van der Waals surface area contributed by atoms with Gasteiger partial charge in [0, 0.05) is 5.02 Å². The van der Waals surface area contributed by atoms with Crippen molar-refractivity contribution in [2.45, 2.75) is 24.0 Å². The number of nitrogens with zero attached hydrogens (tertiary/aromatic N) is 4. The summed E-state index contributed by atoms with van der Waals surface area (Å²) in [6, 6.07) is 11.0. The van der Waals surface area contributed by atoms with Crippen molar-refractivity contribution in [2.24, 2.45) is 0 Å². The van der Waals surface area contributed by atoms with E-state index in [4.69, 9.17) is 23.2 Å². The lowest BCUT2D eigenvalue weighted by atomic mass is 9.84. The first-order valence-electron chi connectivity index (χ1n) is 7.58. The van der Waals surface area contributed by atoms with Gasteiger partial charge < -0.3 is 0 Å². The van der Waals surface area contributed by atoms with Crippen LogP contribution in [0.25, 0.3) is 0 Å². The number of benzene rings is 2. The Kier molecular flexibility index (Phi) is 4.94. The molecular formula is C17H13Cl2F3N4. The highest BCUT2D eigenvalue weighted by Gasteiger charge is 2.41. The quantitative estimate of drug-likeness (QED) is 0.572. The smallest absolute Gasteiger partial charge is 0.166 e. The predicted octanol–water partition coefficient (Wildman–Crippen LogP) is 5.09. The third-order valence-corrected chi connectivity index (χ3v) is 5.19. The Morgan fingerprint density at radius 3 is 1.88 bits per heavy atom. The van der Waals surface area contributed by atoms with E-state index >= 15 is 0 Å². The molecule has 0 spiro atoms. The first-order chi connectivity index (χ1) is 12.2. The molecular weight excluding hydrogens is 388 g/mol. The lowest BCUT2D eigenvalue weighted by Gasteiger charge is -2.33. The molecule has 0 bridgehead atoms. The molecule has 3 aromatic rings. The van der Waals surface area contributed by atoms with Crippen molar-refractivity contribution >= 4 is 23.2 Å². The molecule has 136 valence electrons. The van der Waals surface area contributed by atoms with E-state index in [1.54, 1.807) is 31.2 Å². The van der Waals surface area contributed by atoms with E-state index in [0.717, 1.165) is 12.1 Å². The van der Waals surface area contributed by atoms with Gasteiger partial charge in [-0.15, -0.1) is 21.8 Å². The number of rotatable bonds is 4. The van der Waals surface area contributed by atoms with Crippen LogP contribution in [0.5, 0.6) is 0 Å². The molecule has 2 unspecified atom stereocenters. The molecule has 1 heterocycles. The van der Waals surface area contributed by atoms with Crippen molar-refractivity contribution < 1.29 is 13.2 Å². The Morgan fingerprint density at radius 2 is 1.42 bits per heavy atom. The number of hydrogen-bond donors (Lipinski definition) is 0. The van der Waals surface area contributed by atoms with E-state index in [1.165, 1.54) is 23.3 Å². The number of aromatic nitrogens is 4. The predicted molar refractivity (Wildman–Crippen MR) is 92.1 cm³/mol. The van der Waals surface area contributed by atoms with Crippen LogP contribution in [0.15, 0.2) is 54.9 Å². The highest BCUT2D eigenvalue weighted by atomic mass is 35.5.